The molecule has 0 saturated heterocycles. The fourth-order valence-electron chi connectivity index (χ4n) is 1.96. The van der Waals surface area contributed by atoms with E-state index in [-0.39, 0.29) is 36.8 Å². The number of fused-ring (bicyclic) bond motifs is 1. The third-order valence-electron chi connectivity index (χ3n) is 2.80. The minimum Gasteiger partial charge on any atom is -0.362 e. The number of amidine groups is 1. The predicted molar refractivity (Wildman–Crippen MR) is 96.9 cm³/mol. The van der Waals surface area contributed by atoms with Gasteiger partial charge in [0.25, 0.3) is 5.91 Å². The molecule has 3 rings (SSSR count). The van der Waals surface area contributed by atoms with Gasteiger partial charge < -0.3 is 10.3 Å². The summed E-state index contributed by atoms with van der Waals surface area (Å²) in [6.45, 7) is 4.03. The Balaban J connectivity index is 0.00000121. The van der Waals surface area contributed by atoms with Crippen molar-refractivity contribution in [2.75, 3.05) is 0 Å². The van der Waals surface area contributed by atoms with E-state index < -0.39 is 0 Å². The van der Waals surface area contributed by atoms with Crippen LogP contribution in [0.15, 0.2) is 34.4 Å². The Morgan fingerprint density at radius 1 is 1.36 bits per heavy atom. The van der Waals surface area contributed by atoms with Gasteiger partial charge in [-0.15, -0.1) is 24.8 Å². The number of hydrogen-bond acceptors (Lipinski definition) is 4. The van der Waals surface area contributed by atoms with Crippen molar-refractivity contribution >= 4 is 64.8 Å². The lowest BCUT2D eigenvalue weighted by Gasteiger charge is -2.06. The topological polar surface area (TPSA) is 70.1 Å². The van der Waals surface area contributed by atoms with E-state index in [9.17, 15) is 4.79 Å². The molecule has 0 radical (unpaired) electrons. The number of thioether (sulfide) groups is 1. The zero-order chi connectivity index (χ0) is 14.1. The second-order valence-electron chi connectivity index (χ2n) is 4.78. The molecule has 118 valence electrons. The van der Waals surface area contributed by atoms with E-state index in [2.05, 4.69) is 20.3 Å². The van der Waals surface area contributed by atoms with E-state index in [0.29, 0.717) is 10.1 Å². The Morgan fingerprint density at radius 2 is 2.14 bits per heavy atom. The standard InChI is InChI=1S/C14H14N4OS.2ClH/c1-8(2)17-14-18-13(19)11(20-14)6-9-7-16-12-10(9)4-3-5-15-12;;/h3-8H,1-2H3,(H,15,16)(H,17,18,19);2*1H/b11-6-;;. The quantitative estimate of drug-likeness (QED) is 0.807. The van der Waals surface area contributed by atoms with Crippen LogP contribution in [0.5, 0.6) is 0 Å². The number of nitrogens with zero attached hydrogens (tertiary/aromatic N) is 2. The molecular weight excluding hydrogens is 343 g/mol. The number of hydrogen-bond donors (Lipinski definition) is 2. The number of carbonyl (C=O) groups is 1. The van der Waals surface area contributed by atoms with E-state index in [1.807, 2.05) is 38.3 Å². The smallest absolute Gasteiger partial charge is 0.286 e. The molecule has 22 heavy (non-hydrogen) atoms. The largest absolute Gasteiger partial charge is 0.362 e. The first-order valence-corrected chi connectivity index (χ1v) is 7.16. The number of H-pyrrole nitrogens is 1. The van der Waals surface area contributed by atoms with Crippen molar-refractivity contribution in [2.24, 2.45) is 4.99 Å². The number of pyridine rings is 1. The van der Waals surface area contributed by atoms with E-state index in [4.69, 9.17) is 0 Å². The predicted octanol–water partition coefficient (Wildman–Crippen LogP) is 3.37. The lowest BCUT2D eigenvalue weighted by molar-refractivity contribution is -0.113. The second kappa shape index (κ2) is 7.67. The SMILES string of the molecule is CC(C)NC1=NC(=O)/C(=C/c2c[nH]c3ncccc23)S1.Cl.Cl. The summed E-state index contributed by atoms with van der Waals surface area (Å²) in [7, 11) is 0. The highest BCUT2D eigenvalue weighted by molar-refractivity contribution is 8.18. The van der Waals surface area contributed by atoms with Crippen molar-refractivity contribution in [1.82, 2.24) is 15.3 Å². The van der Waals surface area contributed by atoms with Gasteiger partial charge in [-0.1, -0.05) is 0 Å². The minimum atomic E-state index is -0.198. The van der Waals surface area contributed by atoms with Crippen molar-refractivity contribution in [1.29, 1.82) is 0 Å². The molecule has 8 heteroatoms. The number of rotatable bonds is 2. The molecule has 1 amide bonds. The van der Waals surface area contributed by atoms with Crippen LogP contribution >= 0.6 is 36.6 Å². The normalized spacial score (nSPS) is 15.7. The van der Waals surface area contributed by atoms with Gasteiger partial charge in [0.15, 0.2) is 5.17 Å². The molecule has 0 saturated carbocycles. The van der Waals surface area contributed by atoms with Crippen molar-refractivity contribution in [3.8, 4) is 0 Å². The maximum Gasteiger partial charge on any atom is 0.286 e. The number of aromatic nitrogens is 2. The molecule has 5 nitrogen and oxygen atoms in total. The molecule has 0 atom stereocenters. The van der Waals surface area contributed by atoms with Crippen LogP contribution in [-0.4, -0.2) is 27.1 Å². The first-order valence-electron chi connectivity index (χ1n) is 6.34. The highest BCUT2D eigenvalue weighted by Gasteiger charge is 2.22. The maximum atomic E-state index is 11.9. The van der Waals surface area contributed by atoms with Gasteiger partial charge in [0.1, 0.15) is 5.65 Å². The summed E-state index contributed by atoms with van der Waals surface area (Å²) >= 11 is 1.37. The van der Waals surface area contributed by atoms with Crippen molar-refractivity contribution < 1.29 is 4.79 Å². The molecule has 0 spiro atoms. The van der Waals surface area contributed by atoms with E-state index >= 15 is 0 Å². The van der Waals surface area contributed by atoms with Crippen molar-refractivity contribution in [3.05, 3.63) is 35.0 Å². The van der Waals surface area contributed by atoms with Gasteiger partial charge in [-0.25, -0.2) is 4.98 Å². The summed E-state index contributed by atoms with van der Waals surface area (Å²) in [5.41, 5.74) is 1.76. The van der Waals surface area contributed by atoms with Gasteiger partial charge in [-0.3, -0.25) is 4.79 Å². The van der Waals surface area contributed by atoms with Crippen LogP contribution in [-0.2, 0) is 4.79 Å². The van der Waals surface area contributed by atoms with Crippen LogP contribution in [0.2, 0.25) is 0 Å². The van der Waals surface area contributed by atoms with Crippen LogP contribution in [0.25, 0.3) is 17.1 Å². The Hall–Kier alpha value is -1.50. The number of halogens is 2. The van der Waals surface area contributed by atoms with Crippen LogP contribution in [0, 0.1) is 0 Å². The molecule has 0 aromatic carbocycles. The van der Waals surface area contributed by atoms with Crippen molar-refractivity contribution in [2.45, 2.75) is 19.9 Å². The molecule has 1 aliphatic rings. The number of carbonyl (C=O) groups excluding carboxylic acids is 1. The van der Waals surface area contributed by atoms with Crippen LogP contribution < -0.4 is 5.32 Å². The summed E-state index contributed by atoms with van der Waals surface area (Å²) < 4.78 is 0. The summed E-state index contributed by atoms with van der Waals surface area (Å²) in [6, 6.07) is 4.11. The average molecular weight is 359 g/mol. The van der Waals surface area contributed by atoms with Gasteiger partial charge in [0.05, 0.1) is 4.91 Å². The van der Waals surface area contributed by atoms with Gasteiger partial charge >= 0.3 is 0 Å². The Morgan fingerprint density at radius 3 is 2.86 bits per heavy atom. The molecule has 2 aromatic rings. The third-order valence-corrected chi connectivity index (χ3v) is 3.72. The molecule has 0 unspecified atom stereocenters. The molecule has 2 N–H and O–H groups in total. The zero-order valence-electron chi connectivity index (χ0n) is 12.0. The number of aromatic amines is 1. The summed E-state index contributed by atoms with van der Waals surface area (Å²) in [6.07, 6.45) is 5.44. The van der Waals surface area contributed by atoms with Gasteiger partial charge in [-0.2, -0.15) is 4.99 Å². The van der Waals surface area contributed by atoms with Crippen LogP contribution in [0.1, 0.15) is 19.4 Å². The average Bonchev–Trinajstić information content (AvgIpc) is 2.95. The van der Waals surface area contributed by atoms with E-state index in [0.717, 1.165) is 16.6 Å². The zero-order valence-corrected chi connectivity index (χ0v) is 14.4. The molecular formula is C14H16Cl2N4OS. The molecule has 3 heterocycles. The first-order chi connectivity index (χ1) is 9.63. The fourth-order valence-corrected chi connectivity index (χ4v) is 2.91. The summed E-state index contributed by atoms with van der Waals surface area (Å²) in [4.78, 5) is 23.8. The summed E-state index contributed by atoms with van der Waals surface area (Å²) in [5, 5.41) is 4.81. The minimum absolute atomic E-state index is 0. The Bertz CT molecular complexity index is 739. The maximum absolute atomic E-state index is 11.9. The molecule has 0 bridgehead atoms. The Kier molecular flexibility index (Phi) is 6.47. The second-order valence-corrected chi connectivity index (χ2v) is 5.81. The molecule has 0 aliphatic carbocycles. The molecule has 1 aliphatic heterocycles. The highest BCUT2D eigenvalue weighted by Crippen LogP contribution is 2.29. The number of aliphatic imine (C=N–C) groups is 1. The highest BCUT2D eigenvalue weighted by atomic mass is 35.5. The first kappa shape index (κ1) is 18.5. The van der Waals surface area contributed by atoms with Gasteiger partial charge in [0.2, 0.25) is 0 Å². The number of amides is 1. The lowest BCUT2D eigenvalue weighted by atomic mass is 10.2. The Labute approximate surface area is 144 Å². The van der Waals surface area contributed by atoms with E-state index in [1.165, 1.54) is 11.8 Å². The number of nitrogens with one attached hydrogen (secondary N) is 2. The van der Waals surface area contributed by atoms with Gasteiger partial charge in [-0.05, 0) is 43.8 Å². The van der Waals surface area contributed by atoms with Crippen molar-refractivity contribution in [3.63, 3.8) is 0 Å². The monoisotopic (exact) mass is 358 g/mol. The third kappa shape index (κ3) is 3.82. The fraction of sp³-hybridized carbons (Fsp3) is 0.214. The van der Waals surface area contributed by atoms with Crippen LogP contribution in [0.3, 0.4) is 0 Å². The van der Waals surface area contributed by atoms with Crippen LogP contribution in [0.4, 0.5) is 0 Å². The molecule has 2 aromatic heterocycles. The lowest BCUT2D eigenvalue weighted by Crippen LogP contribution is -2.26. The van der Waals surface area contributed by atoms with Gasteiger partial charge in [0, 0.05) is 29.4 Å². The van der Waals surface area contributed by atoms with E-state index in [1.54, 1.807) is 6.20 Å². The molecule has 0 fully saturated rings. The summed E-state index contributed by atoms with van der Waals surface area (Å²) in [5.74, 6) is -0.198.